The van der Waals surface area contributed by atoms with Crippen LogP contribution < -0.4 is 10.6 Å². The lowest BCUT2D eigenvalue weighted by Crippen LogP contribution is -2.35. The van der Waals surface area contributed by atoms with Gasteiger partial charge in [-0.2, -0.15) is 0 Å². The molecule has 0 amide bonds. The van der Waals surface area contributed by atoms with Gasteiger partial charge in [0.05, 0.1) is 15.8 Å². The fourth-order valence-electron chi connectivity index (χ4n) is 2.44. The molecule has 0 radical (unpaired) electrons. The Balaban J connectivity index is 2.24. The van der Waals surface area contributed by atoms with Crippen molar-refractivity contribution in [3.8, 4) is 0 Å². The van der Waals surface area contributed by atoms with E-state index in [0.717, 1.165) is 24.7 Å². The van der Waals surface area contributed by atoms with Crippen molar-refractivity contribution >= 4 is 27.3 Å². The molecule has 1 heterocycles. The number of nitrogens with two attached hydrogens (primary N) is 1. The molecule has 4 heteroatoms. The van der Waals surface area contributed by atoms with E-state index in [1.54, 1.807) is 6.07 Å². The van der Waals surface area contributed by atoms with E-state index in [2.05, 4.69) is 27.8 Å². The molecule has 94 valence electrons. The lowest BCUT2D eigenvalue weighted by atomic mass is 9.95. The molecule has 2 rings (SSSR count). The second kappa shape index (κ2) is 5.25. The molecule has 0 bridgehead atoms. The molecule has 0 spiro atoms. The minimum absolute atomic E-state index is 0.296. The van der Waals surface area contributed by atoms with Crippen molar-refractivity contribution in [1.29, 1.82) is 0 Å². The summed E-state index contributed by atoms with van der Waals surface area (Å²) in [6, 6.07) is 3.19. The predicted octanol–water partition coefficient (Wildman–Crippen LogP) is 3.80. The van der Waals surface area contributed by atoms with Gasteiger partial charge in [-0.25, -0.2) is 4.39 Å². The van der Waals surface area contributed by atoms with Crippen LogP contribution in [-0.4, -0.2) is 13.1 Å². The SMILES string of the molecule is CCC1CCCN(c2cc(Br)c(F)cc2N)C1. The average molecular weight is 301 g/mol. The Bertz CT molecular complexity index is 409. The summed E-state index contributed by atoms with van der Waals surface area (Å²) in [5.41, 5.74) is 7.39. The van der Waals surface area contributed by atoms with Gasteiger partial charge in [-0.15, -0.1) is 0 Å². The van der Waals surface area contributed by atoms with Gasteiger partial charge >= 0.3 is 0 Å². The Morgan fingerprint density at radius 3 is 3.00 bits per heavy atom. The first-order valence-electron chi connectivity index (χ1n) is 6.11. The summed E-state index contributed by atoms with van der Waals surface area (Å²) in [5.74, 6) is 0.433. The zero-order valence-corrected chi connectivity index (χ0v) is 11.6. The number of halogens is 2. The number of hydrogen-bond donors (Lipinski definition) is 1. The van der Waals surface area contributed by atoms with E-state index in [9.17, 15) is 4.39 Å². The third kappa shape index (κ3) is 2.73. The van der Waals surface area contributed by atoms with Gasteiger partial charge < -0.3 is 10.6 Å². The van der Waals surface area contributed by atoms with Crippen LogP contribution in [-0.2, 0) is 0 Å². The van der Waals surface area contributed by atoms with E-state index in [0.29, 0.717) is 10.2 Å². The van der Waals surface area contributed by atoms with Crippen molar-refractivity contribution in [3.05, 3.63) is 22.4 Å². The molecule has 2 N–H and O–H groups in total. The van der Waals surface area contributed by atoms with E-state index >= 15 is 0 Å². The molecule has 1 aliphatic rings. The maximum Gasteiger partial charge on any atom is 0.139 e. The Kier molecular flexibility index (Phi) is 3.92. The van der Waals surface area contributed by atoms with Crippen LogP contribution in [0.25, 0.3) is 0 Å². The van der Waals surface area contributed by atoms with E-state index in [1.807, 2.05) is 0 Å². The van der Waals surface area contributed by atoms with Crippen LogP contribution in [0.2, 0.25) is 0 Å². The summed E-state index contributed by atoms with van der Waals surface area (Å²) in [5, 5.41) is 0. The number of nitrogens with zero attached hydrogens (tertiary/aromatic N) is 1. The molecular formula is C13H18BrFN2. The van der Waals surface area contributed by atoms with Crippen molar-refractivity contribution in [2.24, 2.45) is 5.92 Å². The van der Waals surface area contributed by atoms with Gasteiger partial charge in [-0.3, -0.25) is 0 Å². The quantitative estimate of drug-likeness (QED) is 0.842. The third-order valence-corrected chi connectivity index (χ3v) is 4.11. The minimum Gasteiger partial charge on any atom is -0.397 e. The Hall–Kier alpha value is -0.770. The maximum atomic E-state index is 13.3. The van der Waals surface area contributed by atoms with Crippen LogP contribution in [0.15, 0.2) is 16.6 Å². The van der Waals surface area contributed by atoms with Crippen LogP contribution in [0.5, 0.6) is 0 Å². The normalized spacial score (nSPS) is 20.6. The summed E-state index contributed by atoms with van der Waals surface area (Å²) < 4.78 is 13.8. The average Bonchev–Trinajstić information content (AvgIpc) is 2.34. The fraction of sp³-hybridized carbons (Fsp3) is 0.538. The van der Waals surface area contributed by atoms with E-state index in [-0.39, 0.29) is 5.82 Å². The zero-order valence-electron chi connectivity index (χ0n) is 10.0. The van der Waals surface area contributed by atoms with Crippen molar-refractivity contribution in [3.63, 3.8) is 0 Å². The van der Waals surface area contributed by atoms with Crippen LogP contribution in [0.1, 0.15) is 26.2 Å². The molecular weight excluding hydrogens is 283 g/mol. The van der Waals surface area contributed by atoms with E-state index in [4.69, 9.17) is 5.73 Å². The minimum atomic E-state index is -0.296. The van der Waals surface area contributed by atoms with Crippen LogP contribution in [0.3, 0.4) is 0 Å². The zero-order chi connectivity index (χ0) is 12.4. The number of benzene rings is 1. The Morgan fingerprint density at radius 1 is 1.53 bits per heavy atom. The largest absolute Gasteiger partial charge is 0.397 e. The lowest BCUT2D eigenvalue weighted by Gasteiger charge is -2.34. The monoisotopic (exact) mass is 300 g/mol. The molecule has 1 fully saturated rings. The second-order valence-electron chi connectivity index (χ2n) is 4.69. The van der Waals surface area contributed by atoms with Gasteiger partial charge in [-0.05, 0) is 40.8 Å². The molecule has 1 aliphatic heterocycles. The summed E-state index contributed by atoms with van der Waals surface area (Å²) in [7, 11) is 0. The van der Waals surface area contributed by atoms with Gasteiger partial charge in [0.25, 0.3) is 0 Å². The second-order valence-corrected chi connectivity index (χ2v) is 5.54. The molecule has 1 unspecified atom stereocenters. The van der Waals surface area contributed by atoms with Crippen LogP contribution >= 0.6 is 15.9 Å². The van der Waals surface area contributed by atoms with E-state index < -0.39 is 0 Å². The summed E-state index contributed by atoms with van der Waals surface area (Å²) in [6.07, 6.45) is 3.67. The standard InChI is InChI=1S/C13H18BrFN2/c1-2-9-4-3-5-17(8-9)13-6-10(14)11(15)7-12(13)16/h6-7,9H,2-5,8,16H2,1H3. The molecule has 17 heavy (non-hydrogen) atoms. The number of piperidine rings is 1. The highest BCUT2D eigenvalue weighted by molar-refractivity contribution is 9.10. The van der Waals surface area contributed by atoms with Crippen LogP contribution in [0, 0.1) is 11.7 Å². The number of rotatable bonds is 2. The van der Waals surface area contributed by atoms with Gasteiger partial charge in [-0.1, -0.05) is 13.3 Å². The Labute approximate surface area is 110 Å². The van der Waals surface area contributed by atoms with Crippen molar-refractivity contribution in [2.75, 3.05) is 23.7 Å². The lowest BCUT2D eigenvalue weighted by molar-refractivity contribution is 0.405. The molecule has 0 saturated carbocycles. The molecule has 1 atom stereocenters. The number of nitrogen functional groups attached to an aromatic ring is 1. The van der Waals surface area contributed by atoms with Gasteiger partial charge in [0.15, 0.2) is 0 Å². The molecule has 1 saturated heterocycles. The van der Waals surface area contributed by atoms with Crippen LogP contribution in [0.4, 0.5) is 15.8 Å². The first-order chi connectivity index (χ1) is 8.11. The highest BCUT2D eigenvalue weighted by Crippen LogP contribution is 2.33. The third-order valence-electron chi connectivity index (χ3n) is 3.51. The summed E-state index contributed by atoms with van der Waals surface area (Å²) in [4.78, 5) is 2.28. The topological polar surface area (TPSA) is 29.3 Å². The maximum absolute atomic E-state index is 13.3. The van der Waals surface area contributed by atoms with Crippen molar-refractivity contribution in [1.82, 2.24) is 0 Å². The van der Waals surface area contributed by atoms with Gasteiger partial charge in [0.1, 0.15) is 5.82 Å². The fourth-order valence-corrected chi connectivity index (χ4v) is 2.77. The summed E-state index contributed by atoms with van der Waals surface area (Å²) in [6.45, 7) is 4.26. The Morgan fingerprint density at radius 2 is 2.29 bits per heavy atom. The molecule has 2 nitrogen and oxygen atoms in total. The first kappa shape index (κ1) is 12.7. The predicted molar refractivity (Wildman–Crippen MR) is 73.7 cm³/mol. The van der Waals surface area contributed by atoms with Crippen molar-refractivity contribution in [2.45, 2.75) is 26.2 Å². The molecule has 0 aliphatic carbocycles. The van der Waals surface area contributed by atoms with Gasteiger partial charge in [0, 0.05) is 19.2 Å². The first-order valence-corrected chi connectivity index (χ1v) is 6.90. The molecule has 1 aromatic carbocycles. The smallest absolute Gasteiger partial charge is 0.139 e. The highest BCUT2D eigenvalue weighted by Gasteiger charge is 2.21. The number of anilines is 2. The molecule has 0 aromatic heterocycles. The highest BCUT2D eigenvalue weighted by atomic mass is 79.9. The molecule has 1 aromatic rings. The van der Waals surface area contributed by atoms with E-state index in [1.165, 1.54) is 25.3 Å². The van der Waals surface area contributed by atoms with Gasteiger partial charge in [0.2, 0.25) is 0 Å². The van der Waals surface area contributed by atoms with Crippen molar-refractivity contribution < 1.29 is 4.39 Å². The summed E-state index contributed by atoms with van der Waals surface area (Å²) >= 11 is 3.22. The number of hydrogen-bond acceptors (Lipinski definition) is 2.